The zero-order valence-corrected chi connectivity index (χ0v) is 11.2. The van der Waals surface area contributed by atoms with Crippen LogP contribution in [0.15, 0.2) is 52.9 Å². The number of fused-ring (bicyclic) bond motifs is 1. The third-order valence-corrected chi connectivity index (χ3v) is 3.22. The van der Waals surface area contributed by atoms with E-state index in [2.05, 4.69) is 4.98 Å². The highest BCUT2D eigenvalue weighted by atomic mass is 16.5. The number of anilines is 1. The van der Waals surface area contributed by atoms with Gasteiger partial charge in [-0.2, -0.15) is 0 Å². The Labute approximate surface area is 117 Å². The van der Waals surface area contributed by atoms with Gasteiger partial charge in [0.1, 0.15) is 12.1 Å². The zero-order valence-electron chi connectivity index (χ0n) is 11.2. The summed E-state index contributed by atoms with van der Waals surface area (Å²) in [5.74, 6) is 0.542. The lowest BCUT2D eigenvalue weighted by Crippen LogP contribution is -2.00. The van der Waals surface area contributed by atoms with Crippen LogP contribution in [0.2, 0.25) is 0 Å². The van der Waals surface area contributed by atoms with Crippen molar-refractivity contribution in [2.75, 3.05) is 5.73 Å². The molecule has 0 amide bonds. The van der Waals surface area contributed by atoms with Crippen LogP contribution in [0.25, 0.3) is 11.1 Å². The molecule has 0 fully saturated rings. The number of nitrogens with two attached hydrogens (primary N) is 1. The van der Waals surface area contributed by atoms with Gasteiger partial charge in [0, 0.05) is 0 Å². The van der Waals surface area contributed by atoms with Crippen molar-refractivity contribution in [2.45, 2.75) is 19.6 Å². The van der Waals surface area contributed by atoms with Crippen LogP contribution in [0.1, 0.15) is 24.5 Å². The van der Waals surface area contributed by atoms with E-state index in [-0.39, 0.29) is 6.10 Å². The van der Waals surface area contributed by atoms with Crippen LogP contribution in [0.4, 0.5) is 5.69 Å². The number of hydrogen-bond donors (Lipinski definition) is 1. The fourth-order valence-corrected chi connectivity index (χ4v) is 2.09. The molecule has 0 radical (unpaired) electrons. The Balaban J connectivity index is 1.72. The zero-order chi connectivity index (χ0) is 13.9. The van der Waals surface area contributed by atoms with Gasteiger partial charge in [0.2, 0.25) is 5.89 Å². The summed E-state index contributed by atoms with van der Waals surface area (Å²) in [5, 5.41) is 0. The monoisotopic (exact) mass is 268 g/mol. The molecule has 102 valence electrons. The van der Waals surface area contributed by atoms with Gasteiger partial charge in [-0.25, -0.2) is 4.98 Å². The Morgan fingerprint density at radius 1 is 1.15 bits per heavy atom. The van der Waals surface area contributed by atoms with Gasteiger partial charge >= 0.3 is 0 Å². The predicted molar refractivity (Wildman–Crippen MR) is 78.1 cm³/mol. The molecular weight excluding hydrogens is 252 g/mol. The van der Waals surface area contributed by atoms with E-state index in [1.54, 1.807) is 0 Å². The molecule has 0 saturated carbocycles. The maximum absolute atomic E-state index is 5.85. The molecule has 1 unspecified atom stereocenters. The van der Waals surface area contributed by atoms with E-state index in [1.807, 2.05) is 55.5 Å². The average Bonchev–Trinajstić information content (AvgIpc) is 2.90. The minimum absolute atomic E-state index is 0.0106. The molecule has 0 spiro atoms. The third-order valence-electron chi connectivity index (χ3n) is 3.22. The molecule has 0 aliphatic heterocycles. The molecule has 4 heteroatoms. The summed E-state index contributed by atoms with van der Waals surface area (Å²) in [7, 11) is 0. The average molecular weight is 268 g/mol. The summed E-state index contributed by atoms with van der Waals surface area (Å²) >= 11 is 0. The molecular formula is C16H16N2O2. The number of para-hydroxylation sites is 1. The van der Waals surface area contributed by atoms with Gasteiger partial charge in [0.25, 0.3) is 0 Å². The molecule has 20 heavy (non-hydrogen) atoms. The summed E-state index contributed by atoms with van der Waals surface area (Å²) in [5.41, 5.74) is 8.98. The van der Waals surface area contributed by atoms with E-state index in [0.29, 0.717) is 29.3 Å². The summed E-state index contributed by atoms with van der Waals surface area (Å²) < 4.78 is 11.4. The van der Waals surface area contributed by atoms with Crippen LogP contribution in [0, 0.1) is 0 Å². The fourth-order valence-electron chi connectivity index (χ4n) is 2.09. The van der Waals surface area contributed by atoms with Crippen molar-refractivity contribution >= 4 is 16.8 Å². The van der Waals surface area contributed by atoms with Gasteiger partial charge < -0.3 is 14.9 Å². The first kappa shape index (κ1) is 12.7. The van der Waals surface area contributed by atoms with Crippen molar-refractivity contribution in [1.82, 2.24) is 4.98 Å². The van der Waals surface area contributed by atoms with Crippen LogP contribution in [-0.4, -0.2) is 4.98 Å². The maximum atomic E-state index is 5.85. The topological polar surface area (TPSA) is 61.3 Å². The van der Waals surface area contributed by atoms with Crippen molar-refractivity contribution < 1.29 is 9.15 Å². The first-order valence-corrected chi connectivity index (χ1v) is 6.54. The van der Waals surface area contributed by atoms with Crippen molar-refractivity contribution in [1.29, 1.82) is 0 Å². The van der Waals surface area contributed by atoms with Crippen molar-refractivity contribution in [3.05, 3.63) is 60.0 Å². The highest BCUT2D eigenvalue weighted by Gasteiger charge is 2.11. The number of nitrogens with zero attached hydrogens (tertiary/aromatic N) is 1. The van der Waals surface area contributed by atoms with Crippen LogP contribution in [0.3, 0.4) is 0 Å². The van der Waals surface area contributed by atoms with Gasteiger partial charge in [0.15, 0.2) is 5.58 Å². The molecule has 0 saturated heterocycles. The summed E-state index contributed by atoms with van der Waals surface area (Å²) in [6.45, 7) is 2.33. The highest BCUT2D eigenvalue weighted by Crippen LogP contribution is 2.23. The molecule has 3 rings (SSSR count). The largest absolute Gasteiger partial charge is 0.438 e. The molecule has 1 aromatic heterocycles. The second kappa shape index (κ2) is 5.35. The SMILES string of the molecule is CC(OCc1nc2c(N)cccc2o1)c1ccccc1. The molecule has 2 N–H and O–H groups in total. The normalized spacial score (nSPS) is 12.7. The summed E-state index contributed by atoms with van der Waals surface area (Å²) in [6, 6.07) is 15.6. The molecule has 2 aromatic carbocycles. The Kier molecular flexibility index (Phi) is 3.39. The molecule has 0 bridgehead atoms. The molecule has 0 aliphatic carbocycles. The lowest BCUT2D eigenvalue weighted by atomic mass is 10.1. The minimum atomic E-state index is -0.0106. The van der Waals surface area contributed by atoms with Gasteiger partial charge in [-0.05, 0) is 24.6 Å². The van der Waals surface area contributed by atoms with Crippen molar-refractivity contribution in [3.8, 4) is 0 Å². The fraction of sp³-hybridized carbons (Fsp3) is 0.188. The van der Waals surface area contributed by atoms with Gasteiger partial charge in [-0.3, -0.25) is 0 Å². The maximum Gasteiger partial charge on any atom is 0.221 e. The van der Waals surface area contributed by atoms with Crippen LogP contribution in [-0.2, 0) is 11.3 Å². The number of aromatic nitrogens is 1. The second-order valence-corrected chi connectivity index (χ2v) is 4.67. The van der Waals surface area contributed by atoms with Crippen LogP contribution >= 0.6 is 0 Å². The predicted octanol–water partition coefficient (Wildman–Crippen LogP) is 3.69. The van der Waals surface area contributed by atoms with Crippen molar-refractivity contribution in [3.63, 3.8) is 0 Å². The van der Waals surface area contributed by atoms with Crippen molar-refractivity contribution in [2.24, 2.45) is 0 Å². The smallest absolute Gasteiger partial charge is 0.221 e. The van der Waals surface area contributed by atoms with Crippen LogP contribution in [0.5, 0.6) is 0 Å². The Morgan fingerprint density at radius 3 is 2.70 bits per heavy atom. The molecule has 0 aliphatic rings. The lowest BCUT2D eigenvalue weighted by molar-refractivity contribution is 0.0401. The third kappa shape index (κ3) is 2.51. The number of rotatable bonds is 4. The van der Waals surface area contributed by atoms with E-state index in [1.165, 1.54) is 0 Å². The van der Waals surface area contributed by atoms with E-state index in [0.717, 1.165) is 5.56 Å². The number of hydrogen-bond acceptors (Lipinski definition) is 4. The highest BCUT2D eigenvalue weighted by molar-refractivity contribution is 5.85. The number of nitrogen functional groups attached to an aromatic ring is 1. The van der Waals surface area contributed by atoms with E-state index >= 15 is 0 Å². The Bertz CT molecular complexity index is 707. The minimum Gasteiger partial charge on any atom is -0.438 e. The van der Waals surface area contributed by atoms with Crippen LogP contribution < -0.4 is 5.73 Å². The lowest BCUT2D eigenvalue weighted by Gasteiger charge is -2.11. The molecule has 3 aromatic rings. The van der Waals surface area contributed by atoms with Gasteiger partial charge in [0.05, 0.1) is 11.8 Å². The summed E-state index contributed by atoms with van der Waals surface area (Å²) in [4.78, 5) is 4.36. The standard InChI is InChI=1S/C16H16N2O2/c1-11(12-6-3-2-4-7-12)19-10-15-18-16-13(17)8-5-9-14(16)20-15/h2-9,11H,10,17H2,1H3. The number of benzene rings is 2. The van der Waals surface area contributed by atoms with E-state index < -0.39 is 0 Å². The summed E-state index contributed by atoms with van der Waals surface area (Å²) in [6.07, 6.45) is -0.0106. The molecule has 1 heterocycles. The van der Waals surface area contributed by atoms with E-state index in [9.17, 15) is 0 Å². The Morgan fingerprint density at radius 2 is 1.95 bits per heavy atom. The Hall–Kier alpha value is -2.33. The first-order chi connectivity index (χ1) is 9.74. The van der Waals surface area contributed by atoms with Gasteiger partial charge in [-0.15, -0.1) is 0 Å². The molecule has 1 atom stereocenters. The number of ether oxygens (including phenoxy) is 1. The van der Waals surface area contributed by atoms with Gasteiger partial charge in [-0.1, -0.05) is 36.4 Å². The molecule has 4 nitrogen and oxygen atoms in total. The first-order valence-electron chi connectivity index (χ1n) is 6.54. The van der Waals surface area contributed by atoms with E-state index in [4.69, 9.17) is 14.9 Å². The number of oxazole rings is 1. The second-order valence-electron chi connectivity index (χ2n) is 4.67. The quantitative estimate of drug-likeness (QED) is 0.733.